The molecular formula is C22H43N3. The van der Waals surface area contributed by atoms with Crippen molar-refractivity contribution in [2.45, 2.75) is 96.8 Å². The zero-order valence-electron chi connectivity index (χ0n) is 16.9. The standard InChI is InChI=1S/C22H43N3/c1-2-3-4-5-6-7-8-9-10-11-12-13-14-15-16-17-22-24-19-21-25(22)20-18-23/h9-10H,2-8,11-21,23H2,1H3/b10-9+. The number of amidine groups is 1. The van der Waals surface area contributed by atoms with Gasteiger partial charge >= 0.3 is 0 Å². The maximum atomic E-state index is 5.65. The van der Waals surface area contributed by atoms with Gasteiger partial charge in [0.05, 0.1) is 12.4 Å². The van der Waals surface area contributed by atoms with Gasteiger partial charge in [-0.3, -0.25) is 4.99 Å². The number of allylic oxidation sites excluding steroid dienone is 2. The molecule has 0 aliphatic carbocycles. The number of nitrogens with two attached hydrogens (primary N) is 1. The van der Waals surface area contributed by atoms with Crippen LogP contribution in [-0.4, -0.2) is 36.9 Å². The Bertz CT molecular complexity index is 349. The van der Waals surface area contributed by atoms with Gasteiger partial charge in [0.2, 0.25) is 0 Å². The highest BCUT2D eigenvalue weighted by molar-refractivity contribution is 5.83. The topological polar surface area (TPSA) is 41.6 Å². The van der Waals surface area contributed by atoms with Crippen LogP contribution in [0.5, 0.6) is 0 Å². The molecule has 0 saturated carbocycles. The Labute approximate surface area is 157 Å². The fraction of sp³-hybridized carbons (Fsp3) is 0.864. The van der Waals surface area contributed by atoms with Gasteiger partial charge in [0.25, 0.3) is 0 Å². The molecule has 1 aliphatic rings. The maximum Gasteiger partial charge on any atom is 0.0990 e. The summed E-state index contributed by atoms with van der Waals surface area (Å²) in [7, 11) is 0. The quantitative estimate of drug-likeness (QED) is 0.270. The zero-order chi connectivity index (χ0) is 18.0. The molecule has 3 nitrogen and oxygen atoms in total. The average molecular weight is 350 g/mol. The number of aliphatic imine (C=N–C) groups is 1. The minimum Gasteiger partial charge on any atom is -0.357 e. The first-order valence-corrected chi connectivity index (χ1v) is 11.0. The van der Waals surface area contributed by atoms with Crippen LogP contribution in [0.1, 0.15) is 96.8 Å². The highest BCUT2D eigenvalue weighted by Gasteiger charge is 2.14. The lowest BCUT2D eigenvalue weighted by Gasteiger charge is -2.19. The van der Waals surface area contributed by atoms with E-state index in [-0.39, 0.29) is 0 Å². The summed E-state index contributed by atoms with van der Waals surface area (Å²) in [6.45, 7) is 6.05. The lowest BCUT2D eigenvalue weighted by molar-refractivity contribution is 0.456. The molecule has 0 amide bonds. The van der Waals surface area contributed by atoms with E-state index in [1.807, 2.05) is 0 Å². The molecule has 0 radical (unpaired) electrons. The predicted octanol–water partition coefficient (Wildman–Crippen LogP) is 5.70. The average Bonchev–Trinajstić information content (AvgIpc) is 3.06. The molecular weight excluding hydrogens is 306 g/mol. The summed E-state index contributed by atoms with van der Waals surface area (Å²) < 4.78 is 0. The van der Waals surface area contributed by atoms with Crippen LogP contribution in [0.2, 0.25) is 0 Å². The van der Waals surface area contributed by atoms with Crippen LogP contribution in [0.4, 0.5) is 0 Å². The van der Waals surface area contributed by atoms with Crippen molar-refractivity contribution in [3.05, 3.63) is 12.2 Å². The Balaban J connectivity index is 1.82. The fourth-order valence-electron chi connectivity index (χ4n) is 3.52. The second kappa shape index (κ2) is 16.6. The van der Waals surface area contributed by atoms with Crippen LogP contribution in [0.25, 0.3) is 0 Å². The van der Waals surface area contributed by atoms with Crippen molar-refractivity contribution in [3.8, 4) is 0 Å². The van der Waals surface area contributed by atoms with Crippen LogP contribution in [0, 0.1) is 0 Å². The van der Waals surface area contributed by atoms with Crippen LogP contribution in [0.15, 0.2) is 17.1 Å². The third-order valence-corrected chi connectivity index (χ3v) is 5.09. The summed E-state index contributed by atoms with van der Waals surface area (Å²) in [6.07, 6.45) is 23.7. The van der Waals surface area contributed by atoms with Crippen molar-refractivity contribution in [1.29, 1.82) is 0 Å². The molecule has 1 aliphatic heterocycles. The van der Waals surface area contributed by atoms with E-state index in [0.29, 0.717) is 0 Å². The molecule has 3 heteroatoms. The van der Waals surface area contributed by atoms with E-state index in [9.17, 15) is 0 Å². The summed E-state index contributed by atoms with van der Waals surface area (Å²) in [5.41, 5.74) is 5.65. The molecule has 146 valence electrons. The lowest BCUT2D eigenvalue weighted by Crippen LogP contribution is -2.32. The molecule has 1 heterocycles. The van der Waals surface area contributed by atoms with Crippen LogP contribution in [-0.2, 0) is 0 Å². The molecule has 0 fully saturated rings. The SMILES string of the molecule is CCCCCCCC/C=C/CCCCCCCC1=NCCN1CCN. The van der Waals surface area contributed by atoms with E-state index in [2.05, 4.69) is 29.0 Å². The van der Waals surface area contributed by atoms with Crippen molar-refractivity contribution in [2.24, 2.45) is 10.7 Å². The van der Waals surface area contributed by atoms with Gasteiger partial charge in [0, 0.05) is 26.1 Å². The number of rotatable bonds is 17. The lowest BCUT2D eigenvalue weighted by atomic mass is 10.1. The Morgan fingerprint density at radius 3 is 2.12 bits per heavy atom. The minimum atomic E-state index is 0.741. The predicted molar refractivity (Wildman–Crippen MR) is 112 cm³/mol. The molecule has 0 aromatic carbocycles. The zero-order valence-corrected chi connectivity index (χ0v) is 16.9. The van der Waals surface area contributed by atoms with Crippen molar-refractivity contribution >= 4 is 5.84 Å². The molecule has 2 N–H and O–H groups in total. The van der Waals surface area contributed by atoms with Crippen molar-refractivity contribution in [1.82, 2.24) is 4.90 Å². The monoisotopic (exact) mass is 349 g/mol. The van der Waals surface area contributed by atoms with Gasteiger partial charge in [-0.2, -0.15) is 0 Å². The molecule has 0 aromatic heterocycles. The molecule has 0 saturated heterocycles. The van der Waals surface area contributed by atoms with Crippen molar-refractivity contribution in [3.63, 3.8) is 0 Å². The molecule has 25 heavy (non-hydrogen) atoms. The first kappa shape index (κ1) is 22.2. The second-order valence-electron chi connectivity index (χ2n) is 7.41. The molecule has 0 atom stereocenters. The van der Waals surface area contributed by atoms with Crippen molar-refractivity contribution < 1.29 is 0 Å². The third kappa shape index (κ3) is 12.2. The van der Waals surface area contributed by atoms with E-state index in [1.165, 1.54) is 89.3 Å². The Morgan fingerprint density at radius 2 is 1.48 bits per heavy atom. The van der Waals surface area contributed by atoms with Gasteiger partial charge in [-0.25, -0.2) is 0 Å². The molecule has 0 spiro atoms. The second-order valence-corrected chi connectivity index (χ2v) is 7.41. The summed E-state index contributed by atoms with van der Waals surface area (Å²) in [4.78, 5) is 6.99. The van der Waals surface area contributed by atoms with Crippen LogP contribution >= 0.6 is 0 Å². The number of hydrogen-bond acceptors (Lipinski definition) is 3. The highest BCUT2D eigenvalue weighted by Crippen LogP contribution is 2.12. The van der Waals surface area contributed by atoms with Crippen LogP contribution in [0.3, 0.4) is 0 Å². The van der Waals surface area contributed by atoms with Gasteiger partial charge in [0.1, 0.15) is 0 Å². The Hall–Kier alpha value is -0.830. The molecule has 1 rings (SSSR count). The van der Waals surface area contributed by atoms with Gasteiger partial charge in [-0.15, -0.1) is 0 Å². The third-order valence-electron chi connectivity index (χ3n) is 5.09. The summed E-state index contributed by atoms with van der Waals surface area (Å²) in [6, 6.07) is 0. The molecule has 0 aromatic rings. The normalized spacial score (nSPS) is 14.6. The summed E-state index contributed by atoms with van der Waals surface area (Å²) in [5.74, 6) is 1.31. The fourth-order valence-corrected chi connectivity index (χ4v) is 3.52. The maximum absolute atomic E-state index is 5.65. The Kier molecular flexibility index (Phi) is 14.8. The van der Waals surface area contributed by atoms with E-state index in [0.717, 1.165) is 32.6 Å². The van der Waals surface area contributed by atoms with E-state index in [1.54, 1.807) is 0 Å². The van der Waals surface area contributed by atoms with E-state index in [4.69, 9.17) is 5.73 Å². The number of nitrogens with zero attached hydrogens (tertiary/aromatic N) is 2. The first-order valence-electron chi connectivity index (χ1n) is 11.0. The minimum absolute atomic E-state index is 0.741. The Morgan fingerprint density at radius 1 is 0.880 bits per heavy atom. The van der Waals surface area contributed by atoms with Gasteiger partial charge in [-0.1, -0.05) is 70.4 Å². The highest BCUT2D eigenvalue weighted by atomic mass is 15.2. The summed E-state index contributed by atoms with van der Waals surface area (Å²) >= 11 is 0. The summed E-state index contributed by atoms with van der Waals surface area (Å²) in [5, 5.41) is 0. The van der Waals surface area contributed by atoms with E-state index < -0.39 is 0 Å². The molecule has 0 unspecified atom stereocenters. The van der Waals surface area contributed by atoms with Gasteiger partial charge in [0.15, 0.2) is 0 Å². The number of unbranched alkanes of at least 4 members (excludes halogenated alkanes) is 11. The largest absolute Gasteiger partial charge is 0.357 e. The smallest absolute Gasteiger partial charge is 0.0990 e. The first-order chi connectivity index (χ1) is 12.4. The van der Waals surface area contributed by atoms with E-state index >= 15 is 0 Å². The molecule has 0 bridgehead atoms. The van der Waals surface area contributed by atoms with Gasteiger partial charge in [-0.05, 0) is 32.1 Å². The van der Waals surface area contributed by atoms with Crippen molar-refractivity contribution in [2.75, 3.05) is 26.2 Å². The number of hydrogen-bond donors (Lipinski definition) is 1. The van der Waals surface area contributed by atoms with Gasteiger partial charge < -0.3 is 10.6 Å². The van der Waals surface area contributed by atoms with Crippen LogP contribution < -0.4 is 5.73 Å².